The molecule has 1 atom stereocenters. The summed E-state index contributed by atoms with van der Waals surface area (Å²) in [6.07, 6.45) is -0.249. The Morgan fingerprint density at radius 2 is 2.08 bits per heavy atom. The van der Waals surface area contributed by atoms with Gasteiger partial charge in [-0.15, -0.1) is 0 Å². The van der Waals surface area contributed by atoms with Crippen molar-refractivity contribution < 1.29 is 19.1 Å². The second-order valence-corrected chi connectivity index (χ2v) is 3.78. The van der Waals surface area contributed by atoms with E-state index in [4.69, 9.17) is 9.47 Å². The zero-order valence-corrected chi connectivity index (χ0v) is 7.55. The minimum atomic E-state index is -1.11. The number of imide groups is 1. The molecule has 1 unspecified atom stereocenters. The zero-order valence-electron chi connectivity index (χ0n) is 7.55. The Balaban J connectivity index is 2.40. The van der Waals surface area contributed by atoms with Gasteiger partial charge in [-0.3, -0.25) is 10.1 Å². The van der Waals surface area contributed by atoms with Crippen LogP contribution in [-0.2, 0) is 14.3 Å². The molecule has 0 aromatic carbocycles. The molecule has 2 heterocycles. The van der Waals surface area contributed by atoms with E-state index in [1.807, 2.05) is 0 Å². The summed E-state index contributed by atoms with van der Waals surface area (Å²) in [5, 5.41) is 2.13. The van der Waals surface area contributed by atoms with Crippen molar-refractivity contribution in [3.8, 4) is 0 Å². The second-order valence-electron chi connectivity index (χ2n) is 3.78. The largest absolute Gasteiger partial charge is 0.429 e. The van der Waals surface area contributed by atoms with E-state index in [9.17, 15) is 9.59 Å². The van der Waals surface area contributed by atoms with Crippen LogP contribution in [0.5, 0.6) is 0 Å². The van der Waals surface area contributed by atoms with E-state index in [-0.39, 0.29) is 5.91 Å². The maximum atomic E-state index is 11.5. The molecule has 2 fully saturated rings. The Hall–Kier alpha value is -1.10. The lowest BCUT2D eigenvalue weighted by atomic mass is 9.85. The fourth-order valence-corrected chi connectivity index (χ4v) is 1.85. The normalized spacial score (nSPS) is 36.5. The van der Waals surface area contributed by atoms with E-state index in [1.165, 1.54) is 0 Å². The molecule has 0 aliphatic carbocycles. The lowest BCUT2D eigenvalue weighted by Gasteiger charge is -2.31. The number of hydrogen-bond acceptors (Lipinski definition) is 4. The molecule has 0 aromatic rings. The van der Waals surface area contributed by atoms with Gasteiger partial charge in [0.05, 0.1) is 6.61 Å². The summed E-state index contributed by atoms with van der Waals surface area (Å²) in [6, 6.07) is 0. The van der Waals surface area contributed by atoms with Crippen LogP contribution in [0.4, 0.5) is 4.79 Å². The molecule has 0 bridgehead atoms. The van der Waals surface area contributed by atoms with Gasteiger partial charge in [-0.05, 0) is 13.8 Å². The van der Waals surface area contributed by atoms with E-state index >= 15 is 0 Å². The summed E-state index contributed by atoms with van der Waals surface area (Å²) in [5.74, 6) is -0.389. The molecule has 1 N–H and O–H groups in total. The first-order chi connectivity index (χ1) is 5.98. The molecule has 2 amide bonds. The van der Waals surface area contributed by atoms with E-state index in [0.29, 0.717) is 13.0 Å². The molecular weight excluding hydrogens is 174 g/mol. The maximum Gasteiger partial charge on any atom is 0.415 e. The SMILES string of the molecule is CC1(C)OCCC12OC(=O)NC2=O. The van der Waals surface area contributed by atoms with Gasteiger partial charge in [0.25, 0.3) is 5.91 Å². The van der Waals surface area contributed by atoms with Gasteiger partial charge in [-0.2, -0.15) is 0 Å². The first kappa shape index (κ1) is 8.50. The molecule has 1 spiro atoms. The third-order valence-corrected chi connectivity index (χ3v) is 2.74. The predicted molar refractivity (Wildman–Crippen MR) is 42.0 cm³/mol. The topological polar surface area (TPSA) is 64.6 Å². The summed E-state index contributed by atoms with van der Waals surface area (Å²) in [7, 11) is 0. The van der Waals surface area contributed by atoms with Crippen LogP contribution in [-0.4, -0.2) is 29.8 Å². The molecule has 2 aliphatic rings. The van der Waals surface area contributed by atoms with Gasteiger partial charge in [0.2, 0.25) is 5.60 Å². The average Bonchev–Trinajstić information content (AvgIpc) is 2.40. The van der Waals surface area contributed by atoms with Crippen LogP contribution in [0.2, 0.25) is 0 Å². The molecule has 13 heavy (non-hydrogen) atoms. The Kier molecular flexibility index (Phi) is 1.46. The van der Waals surface area contributed by atoms with E-state index in [2.05, 4.69) is 5.32 Å². The van der Waals surface area contributed by atoms with Crippen molar-refractivity contribution in [2.24, 2.45) is 0 Å². The highest BCUT2D eigenvalue weighted by molar-refractivity contribution is 6.03. The summed E-state index contributed by atoms with van der Waals surface area (Å²) in [4.78, 5) is 22.4. The van der Waals surface area contributed by atoms with Gasteiger partial charge >= 0.3 is 6.09 Å². The van der Waals surface area contributed by atoms with E-state index < -0.39 is 17.3 Å². The first-order valence-electron chi connectivity index (χ1n) is 4.16. The van der Waals surface area contributed by atoms with Crippen molar-refractivity contribution in [2.75, 3.05) is 6.61 Å². The van der Waals surface area contributed by atoms with E-state index in [1.54, 1.807) is 13.8 Å². The Morgan fingerprint density at radius 3 is 2.46 bits per heavy atom. The highest BCUT2D eigenvalue weighted by Gasteiger charge is 2.62. The van der Waals surface area contributed by atoms with Crippen LogP contribution < -0.4 is 5.32 Å². The van der Waals surface area contributed by atoms with Gasteiger partial charge in [-0.25, -0.2) is 4.79 Å². The Bertz CT molecular complexity index is 286. The standard InChI is InChI=1S/C8H11NO4/c1-7(2)8(3-4-12-7)5(10)9-6(11)13-8/h3-4H2,1-2H3,(H,9,10,11). The number of carbonyl (C=O) groups excluding carboxylic acids is 2. The van der Waals surface area contributed by atoms with Gasteiger partial charge < -0.3 is 9.47 Å². The summed E-state index contributed by atoms with van der Waals surface area (Å²) in [5.41, 5.74) is -1.84. The van der Waals surface area contributed by atoms with Gasteiger partial charge in [0.15, 0.2) is 0 Å². The smallest absolute Gasteiger partial charge is 0.415 e. The molecular formula is C8H11NO4. The molecule has 2 saturated heterocycles. The number of carbonyl (C=O) groups is 2. The van der Waals surface area contributed by atoms with E-state index in [0.717, 1.165) is 0 Å². The Morgan fingerprint density at radius 1 is 1.38 bits per heavy atom. The van der Waals surface area contributed by atoms with Crippen LogP contribution in [0, 0.1) is 0 Å². The third-order valence-electron chi connectivity index (χ3n) is 2.74. The quantitative estimate of drug-likeness (QED) is 0.585. The van der Waals surface area contributed by atoms with Crippen LogP contribution in [0.3, 0.4) is 0 Å². The number of amides is 2. The summed E-state index contributed by atoms with van der Waals surface area (Å²) < 4.78 is 10.4. The molecule has 2 aliphatic heterocycles. The van der Waals surface area contributed by atoms with Crippen molar-refractivity contribution >= 4 is 12.0 Å². The molecule has 5 heteroatoms. The van der Waals surface area contributed by atoms with Gasteiger partial charge in [-0.1, -0.05) is 0 Å². The molecule has 0 saturated carbocycles. The molecule has 2 rings (SSSR count). The summed E-state index contributed by atoms with van der Waals surface area (Å²) in [6.45, 7) is 3.93. The Labute approximate surface area is 75.4 Å². The lowest BCUT2D eigenvalue weighted by Crippen LogP contribution is -2.52. The minimum absolute atomic E-state index is 0.389. The second kappa shape index (κ2) is 2.23. The number of ether oxygens (including phenoxy) is 2. The number of hydrogen-bond donors (Lipinski definition) is 1. The van der Waals surface area contributed by atoms with Crippen molar-refractivity contribution in [1.82, 2.24) is 5.32 Å². The minimum Gasteiger partial charge on any atom is -0.429 e. The van der Waals surface area contributed by atoms with Gasteiger partial charge in [0.1, 0.15) is 5.60 Å². The monoisotopic (exact) mass is 185 g/mol. The summed E-state index contributed by atoms with van der Waals surface area (Å²) >= 11 is 0. The van der Waals surface area contributed by atoms with Crippen molar-refractivity contribution in [3.05, 3.63) is 0 Å². The zero-order chi connectivity index (χ0) is 9.69. The first-order valence-corrected chi connectivity index (χ1v) is 4.16. The fourth-order valence-electron chi connectivity index (χ4n) is 1.85. The molecule has 72 valence electrons. The molecule has 0 aromatic heterocycles. The number of rotatable bonds is 0. The molecule has 0 radical (unpaired) electrons. The maximum absolute atomic E-state index is 11.5. The number of nitrogens with one attached hydrogen (secondary N) is 1. The predicted octanol–water partition coefficient (Wildman–Crippen LogP) is 0.190. The van der Waals surface area contributed by atoms with Crippen molar-refractivity contribution in [1.29, 1.82) is 0 Å². The highest BCUT2D eigenvalue weighted by Crippen LogP contribution is 2.41. The van der Waals surface area contributed by atoms with Crippen LogP contribution >= 0.6 is 0 Å². The van der Waals surface area contributed by atoms with Crippen molar-refractivity contribution in [3.63, 3.8) is 0 Å². The fraction of sp³-hybridized carbons (Fsp3) is 0.750. The number of alkyl carbamates (subject to hydrolysis) is 1. The highest BCUT2D eigenvalue weighted by atomic mass is 16.6. The van der Waals surface area contributed by atoms with Crippen molar-refractivity contribution in [2.45, 2.75) is 31.5 Å². The average molecular weight is 185 g/mol. The van der Waals surface area contributed by atoms with Gasteiger partial charge in [0, 0.05) is 6.42 Å². The molecule has 5 nitrogen and oxygen atoms in total. The lowest BCUT2D eigenvalue weighted by molar-refractivity contribution is -0.144. The van der Waals surface area contributed by atoms with Crippen LogP contribution in [0.25, 0.3) is 0 Å². The third kappa shape index (κ3) is 0.904. The van der Waals surface area contributed by atoms with Crippen LogP contribution in [0.1, 0.15) is 20.3 Å². The van der Waals surface area contributed by atoms with Crippen LogP contribution in [0.15, 0.2) is 0 Å².